The highest BCUT2D eigenvalue weighted by molar-refractivity contribution is 5.53. The van der Waals surface area contributed by atoms with Gasteiger partial charge < -0.3 is 5.11 Å². The van der Waals surface area contributed by atoms with Crippen molar-refractivity contribution in [3.05, 3.63) is 33.4 Å². The first kappa shape index (κ1) is 14.3. The minimum absolute atomic E-state index is 0.0993. The number of rotatable bonds is 1. The molecule has 100 valence electrons. The van der Waals surface area contributed by atoms with Crippen molar-refractivity contribution in [3.63, 3.8) is 0 Å². The number of aromatic hydroxyl groups is 1. The summed E-state index contributed by atoms with van der Waals surface area (Å²) < 4.78 is 37.8. The lowest BCUT2D eigenvalue weighted by Crippen LogP contribution is -2.15. The zero-order chi connectivity index (χ0) is 14.3. The molecule has 0 heterocycles. The van der Waals surface area contributed by atoms with Crippen molar-refractivity contribution in [2.45, 2.75) is 32.4 Å². The Bertz CT molecular complexity index is 490. The van der Waals surface area contributed by atoms with Crippen molar-refractivity contribution in [2.75, 3.05) is 0 Å². The molecule has 1 aromatic carbocycles. The van der Waals surface area contributed by atoms with Crippen molar-refractivity contribution in [3.8, 4) is 5.75 Å². The predicted molar refractivity (Wildman–Crippen MR) is 58.5 cm³/mol. The Morgan fingerprint density at radius 1 is 1.17 bits per heavy atom. The fraction of sp³-hybridized carbons (Fsp3) is 0.455. The molecule has 0 amide bonds. The number of alkyl halides is 3. The molecule has 0 saturated heterocycles. The van der Waals surface area contributed by atoms with Gasteiger partial charge in [-0.05, 0) is 11.5 Å². The van der Waals surface area contributed by atoms with Crippen LogP contribution < -0.4 is 0 Å². The molecular weight excluding hydrogens is 251 g/mol. The molecular formula is C11H12F3NO3. The van der Waals surface area contributed by atoms with Gasteiger partial charge in [-0.2, -0.15) is 13.2 Å². The molecule has 0 spiro atoms. The summed E-state index contributed by atoms with van der Waals surface area (Å²) >= 11 is 0. The number of phenols is 1. The Labute approximate surface area is 101 Å². The topological polar surface area (TPSA) is 63.4 Å². The first-order valence-electron chi connectivity index (χ1n) is 5.03. The Hall–Kier alpha value is -1.79. The van der Waals surface area contributed by atoms with Gasteiger partial charge in [0.15, 0.2) is 0 Å². The first-order chi connectivity index (χ1) is 7.94. The van der Waals surface area contributed by atoms with Crippen molar-refractivity contribution in [2.24, 2.45) is 0 Å². The zero-order valence-corrected chi connectivity index (χ0v) is 10.00. The van der Waals surface area contributed by atoms with Crippen LogP contribution >= 0.6 is 0 Å². The lowest BCUT2D eigenvalue weighted by Gasteiger charge is -2.21. The lowest BCUT2D eigenvalue weighted by molar-refractivity contribution is -0.388. The normalized spacial score (nSPS) is 12.6. The number of benzene rings is 1. The molecule has 0 bridgehead atoms. The standard InChI is InChI=1S/C11H12F3NO3/c1-10(2,3)7-4-8(15(17)18)6(5-9(7)16)11(12,13)14/h4-5,16H,1-3H3. The summed E-state index contributed by atoms with van der Waals surface area (Å²) in [4.78, 5) is 9.58. The predicted octanol–water partition coefficient (Wildman–Crippen LogP) is 3.62. The van der Waals surface area contributed by atoms with Crippen LogP contribution in [0.3, 0.4) is 0 Å². The first-order valence-corrected chi connectivity index (χ1v) is 5.03. The number of nitrogens with zero attached hydrogens (tertiary/aromatic N) is 1. The number of nitro benzene ring substituents is 1. The maximum Gasteiger partial charge on any atom is 0.423 e. The highest BCUT2D eigenvalue weighted by Gasteiger charge is 2.40. The smallest absolute Gasteiger partial charge is 0.423 e. The monoisotopic (exact) mass is 263 g/mol. The fourth-order valence-corrected chi connectivity index (χ4v) is 1.56. The molecule has 0 atom stereocenters. The van der Waals surface area contributed by atoms with Gasteiger partial charge in [0.1, 0.15) is 11.3 Å². The molecule has 0 unspecified atom stereocenters. The number of halogens is 3. The molecule has 0 aliphatic rings. The molecule has 4 nitrogen and oxygen atoms in total. The summed E-state index contributed by atoms with van der Waals surface area (Å²) in [5.41, 5.74) is -3.09. The Kier molecular flexibility index (Phi) is 3.29. The van der Waals surface area contributed by atoms with Gasteiger partial charge in [-0.1, -0.05) is 20.8 Å². The zero-order valence-electron chi connectivity index (χ0n) is 10.00. The minimum atomic E-state index is -4.88. The van der Waals surface area contributed by atoms with Crippen LogP contribution in [0.25, 0.3) is 0 Å². The molecule has 0 aliphatic carbocycles. The fourth-order valence-electron chi connectivity index (χ4n) is 1.56. The number of phenolic OH excluding ortho intramolecular Hbond substituents is 1. The van der Waals surface area contributed by atoms with Gasteiger partial charge in [0, 0.05) is 11.6 Å². The van der Waals surface area contributed by atoms with Crippen molar-refractivity contribution >= 4 is 5.69 Å². The van der Waals surface area contributed by atoms with E-state index in [0.717, 1.165) is 6.07 Å². The largest absolute Gasteiger partial charge is 0.508 e. The van der Waals surface area contributed by atoms with E-state index in [1.807, 2.05) is 0 Å². The second kappa shape index (κ2) is 4.15. The highest BCUT2D eigenvalue weighted by atomic mass is 19.4. The van der Waals surface area contributed by atoms with Gasteiger partial charge in [-0.15, -0.1) is 0 Å². The molecule has 18 heavy (non-hydrogen) atoms. The van der Waals surface area contributed by atoms with Gasteiger partial charge in [-0.3, -0.25) is 10.1 Å². The molecule has 0 radical (unpaired) electrons. The van der Waals surface area contributed by atoms with Crippen LogP contribution in [0.15, 0.2) is 12.1 Å². The highest BCUT2D eigenvalue weighted by Crippen LogP contribution is 2.42. The van der Waals surface area contributed by atoms with Crippen molar-refractivity contribution in [1.82, 2.24) is 0 Å². The molecule has 7 heteroatoms. The number of hydrogen-bond acceptors (Lipinski definition) is 3. The summed E-state index contributed by atoms with van der Waals surface area (Å²) in [6, 6.07) is 1.18. The molecule has 1 aromatic rings. The molecule has 0 fully saturated rings. The van der Waals surface area contributed by atoms with Crippen LogP contribution in [0.1, 0.15) is 31.9 Å². The van der Waals surface area contributed by atoms with Gasteiger partial charge in [0.05, 0.1) is 4.92 Å². The average molecular weight is 263 g/mol. The maximum absolute atomic E-state index is 12.6. The molecule has 1 N–H and O–H groups in total. The van der Waals surface area contributed by atoms with E-state index in [4.69, 9.17) is 0 Å². The van der Waals surface area contributed by atoms with Gasteiger partial charge >= 0.3 is 6.18 Å². The third kappa shape index (κ3) is 2.72. The van der Waals surface area contributed by atoms with Crippen molar-refractivity contribution in [1.29, 1.82) is 0 Å². The third-order valence-electron chi connectivity index (χ3n) is 2.42. The second-order valence-corrected chi connectivity index (χ2v) is 4.89. The summed E-state index contributed by atoms with van der Waals surface area (Å²) in [5.74, 6) is -0.597. The van der Waals surface area contributed by atoms with Gasteiger partial charge in [0.25, 0.3) is 5.69 Å². The van der Waals surface area contributed by atoms with E-state index in [-0.39, 0.29) is 5.56 Å². The van der Waals surface area contributed by atoms with Crippen molar-refractivity contribution < 1.29 is 23.2 Å². The van der Waals surface area contributed by atoms with Crippen LogP contribution in [-0.2, 0) is 11.6 Å². The molecule has 1 rings (SSSR count). The molecule has 0 aliphatic heterocycles. The van der Waals surface area contributed by atoms with Crippen LogP contribution in [0.5, 0.6) is 5.75 Å². The van der Waals surface area contributed by atoms with E-state index in [1.54, 1.807) is 20.8 Å². The van der Waals surface area contributed by atoms with E-state index in [1.165, 1.54) is 0 Å². The Balaban J connectivity index is 3.60. The lowest BCUT2D eigenvalue weighted by atomic mass is 9.85. The van der Waals surface area contributed by atoms with Crippen LogP contribution in [0, 0.1) is 10.1 Å². The third-order valence-corrected chi connectivity index (χ3v) is 2.42. The van der Waals surface area contributed by atoms with E-state index < -0.39 is 33.5 Å². The van der Waals surface area contributed by atoms with Crippen LogP contribution in [0.4, 0.5) is 18.9 Å². The van der Waals surface area contributed by atoms with E-state index >= 15 is 0 Å². The average Bonchev–Trinajstić information content (AvgIpc) is 2.13. The summed E-state index contributed by atoms with van der Waals surface area (Å²) in [7, 11) is 0. The SMILES string of the molecule is CC(C)(C)c1cc([N+](=O)[O-])c(C(F)(F)F)cc1O. The molecule has 0 aromatic heterocycles. The minimum Gasteiger partial charge on any atom is -0.508 e. The number of nitro groups is 1. The Morgan fingerprint density at radius 3 is 2.00 bits per heavy atom. The molecule has 0 saturated carbocycles. The van der Waals surface area contributed by atoms with Gasteiger partial charge in [0.2, 0.25) is 0 Å². The van der Waals surface area contributed by atoms with Crippen LogP contribution in [0.2, 0.25) is 0 Å². The van der Waals surface area contributed by atoms with E-state index in [9.17, 15) is 28.4 Å². The summed E-state index contributed by atoms with van der Waals surface area (Å²) in [6.07, 6.45) is -4.88. The van der Waals surface area contributed by atoms with E-state index in [0.29, 0.717) is 6.07 Å². The van der Waals surface area contributed by atoms with Crippen LogP contribution in [-0.4, -0.2) is 10.0 Å². The van der Waals surface area contributed by atoms with E-state index in [2.05, 4.69) is 0 Å². The second-order valence-electron chi connectivity index (χ2n) is 4.89. The summed E-state index contributed by atoms with van der Waals surface area (Å²) in [5, 5.41) is 20.3. The summed E-state index contributed by atoms with van der Waals surface area (Å²) in [6.45, 7) is 4.91. The number of hydrogen-bond donors (Lipinski definition) is 1. The quantitative estimate of drug-likeness (QED) is 0.621. The van der Waals surface area contributed by atoms with Gasteiger partial charge in [-0.25, -0.2) is 0 Å². The maximum atomic E-state index is 12.6. The Morgan fingerprint density at radius 2 is 1.67 bits per heavy atom.